The summed E-state index contributed by atoms with van der Waals surface area (Å²) in [5.41, 5.74) is 0. The Morgan fingerprint density at radius 3 is 1.96 bits per heavy atom. The van der Waals surface area contributed by atoms with Crippen LogP contribution in [0.4, 0.5) is 4.79 Å². The predicted molar refractivity (Wildman–Crippen MR) is 80.3 cm³/mol. The molecule has 1 rings (SSSR count). The van der Waals surface area contributed by atoms with E-state index in [-0.39, 0.29) is 76.8 Å². The number of ether oxygens (including phenoxy) is 2. The van der Waals surface area contributed by atoms with Crippen LogP contribution in [0.2, 0.25) is 0 Å². The van der Waals surface area contributed by atoms with Crippen molar-refractivity contribution in [1.82, 2.24) is 4.90 Å². The average Bonchev–Trinajstić information content (AvgIpc) is 2.97. The largest absolute Gasteiger partial charge is 1.00 e. The molecule has 26 heavy (non-hydrogen) atoms. The minimum Gasteiger partial charge on any atom is -0.550 e. The summed E-state index contributed by atoms with van der Waals surface area (Å²) in [5, 5.41) is 18.5. The van der Waals surface area contributed by atoms with Gasteiger partial charge in [-0.2, -0.15) is 0 Å². The second-order valence-electron chi connectivity index (χ2n) is 4.94. The van der Waals surface area contributed by atoms with Crippen LogP contribution in [0.15, 0.2) is 0 Å². The number of hydrogen-bond acceptors (Lipinski definition) is 8. The first-order valence-electron chi connectivity index (χ1n) is 7.76. The Bertz CT molecular complexity index is 509. The van der Waals surface area contributed by atoms with Crippen LogP contribution >= 0.6 is 0 Å². The van der Waals surface area contributed by atoms with E-state index in [1.54, 1.807) is 13.8 Å². The van der Waals surface area contributed by atoms with E-state index < -0.39 is 36.5 Å². The van der Waals surface area contributed by atoms with Crippen molar-refractivity contribution in [3.05, 3.63) is 0 Å². The minimum atomic E-state index is -1.41. The number of ketones is 1. The number of carboxylic acids is 1. The van der Waals surface area contributed by atoms with Gasteiger partial charge in [-0.3, -0.25) is 19.3 Å². The molecule has 1 saturated heterocycles. The van der Waals surface area contributed by atoms with E-state index in [2.05, 4.69) is 9.47 Å². The van der Waals surface area contributed by atoms with Crippen molar-refractivity contribution in [1.29, 1.82) is 0 Å². The maximum absolute atomic E-state index is 11.6. The molecule has 1 heterocycles. The van der Waals surface area contributed by atoms with E-state index >= 15 is 0 Å². The number of nitrogens with zero attached hydrogens (tertiary/aromatic N) is 1. The number of likely N-dealkylation sites (tertiary alicyclic amines) is 1. The molecule has 0 unspecified atom stereocenters. The van der Waals surface area contributed by atoms with Gasteiger partial charge < -0.3 is 24.5 Å². The smallest absolute Gasteiger partial charge is 0.550 e. The number of carbonyl (C=O) groups is 5. The minimum absolute atomic E-state index is 0. The zero-order valence-corrected chi connectivity index (χ0v) is 18.3. The summed E-state index contributed by atoms with van der Waals surface area (Å²) in [5.74, 6) is -3.13. The zero-order chi connectivity index (χ0) is 19.4. The van der Waals surface area contributed by atoms with Gasteiger partial charge in [-0.1, -0.05) is 0 Å². The van der Waals surface area contributed by atoms with E-state index in [0.717, 1.165) is 4.90 Å². The molecule has 1 amide bonds. The molecule has 1 atom stereocenters. The van der Waals surface area contributed by atoms with Crippen molar-refractivity contribution in [3.63, 3.8) is 0 Å². The molecular formula is C15H22KNO9. The third kappa shape index (κ3) is 11.6. The van der Waals surface area contributed by atoms with Gasteiger partial charge in [-0.25, -0.2) is 4.79 Å². The monoisotopic (exact) mass is 399 g/mol. The summed E-state index contributed by atoms with van der Waals surface area (Å²) < 4.78 is 8.94. The summed E-state index contributed by atoms with van der Waals surface area (Å²) in [4.78, 5) is 54.5. The van der Waals surface area contributed by atoms with Crippen LogP contribution in [0.1, 0.15) is 39.5 Å². The van der Waals surface area contributed by atoms with Gasteiger partial charge in [0.1, 0.15) is 6.42 Å². The van der Waals surface area contributed by atoms with Crippen molar-refractivity contribution in [2.45, 2.75) is 45.6 Å². The SMILES string of the molecule is CCOC(=O)CC(=O)[C@@H]1CCCN1C(=O)O.CCOC(=O)CC(=O)[O-].[K+]. The maximum Gasteiger partial charge on any atom is 1.00 e. The Labute approximate surface area is 193 Å². The van der Waals surface area contributed by atoms with E-state index in [9.17, 15) is 29.1 Å². The fourth-order valence-corrected chi connectivity index (χ4v) is 2.13. The molecule has 11 heteroatoms. The molecule has 10 nitrogen and oxygen atoms in total. The van der Waals surface area contributed by atoms with Gasteiger partial charge in [0, 0.05) is 6.54 Å². The zero-order valence-electron chi connectivity index (χ0n) is 15.2. The molecule has 1 fully saturated rings. The van der Waals surface area contributed by atoms with Crippen LogP contribution in [-0.4, -0.2) is 65.6 Å². The Morgan fingerprint density at radius 2 is 1.54 bits per heavy atom. The second-order valence-corrected chi connectivity index (χ2v) is 4.94. The van der Waals surface area contributed by atoms with Crippen LogP contribution in [0.25, 0.3) is 0 Å². The number of esters is 2. The summed E-state index contributed by atoms with van der Waals surface area (Å²) in [6.07, 6.45) is -0.966. The van der Waals surface area contributed by atoms with Crippen LogP contribution in [-0.2, 0) is 28.7 Å². The van der Waals surface area contributed by atoms with Gasteiger partial charge in [0.05, 0.1) is 31.6 Å². The molecule has 1 aliphatic heterocycles. The third-order valence-electron chi connectivity index (χ3n) is 3.09. The number of hydrogen-bond donors (Lipinski definition) is 1. The maximum atomic E-state index is 11.6. The Kier molecular flexibility index (Phi) is 15.8. The number of Topliss-reactive ketones (excluding diaryl/α,β-unsaturated/α-hetero) is 1. The van der Waals surface area contributed by atoms with E-state index in [0.29, 0.717) is 19.4 Å². The topological polar surface area (TPSA) is 150 Å². The standard InChI is InChI=1S/C10H15NO5.C5H8O4.K/c1-2-16-9(13)6-8(12)7-4-3-5-11(7)10(14)15;1-2-9-5(8)3-4(6)7;/h7H,2-6H2,1H3,(H,14,15);2-3H2,1H3,(H,6,7);/q;;+1/p-1/t7-;;/m0../s1. The van der Waals surface area contributed by atoms with E-state index in [1.807, 2.05) is 0 Å². The van der Waals surface area contributed by atoms with Gasteiger partial charge in [0.2, 0.25) is 0 Å². The van der Waals surface area contributed by atoms with Gasteiger partial charge in [-0.15, -0.1) is 0 Å². The molecular weight excluding hydrogens is 377 g/mol. The number of aliphatic carboxylic acids is 1. The molecule has 1 N–H and O–H groups in total. The molecule has 1 aliphatic rings. The van der Waals surface area contributed by atoms with Crippen molar-refractivity contribution >= 4 is 29.8 Å². The number of rotatable bonds is 7. The van der Waals surface area contributed by atoms with Crippen LogP contribution in [0.5, 0.6) is 0 Å². The predicted octanol–water partition coefficient (Wildman–Crippen LogP) is -3.66. The molecule has 0 saturated carbocycles. The van der Waals surface area contributed by atoms with Crippen molar-refractivity contribution in [2.75, 3.05) is 19.8 Å². The molecule has 0 aromatic heterocycles. The first-order chi connectivity index (χ1) is 11.7. The summed E-state index contributed by atoms with van der Waals surface area (Å²) in [7, 11) is 0. The van der Waals surface area contributed by atoms with Gasteiger partial charge in [0.15, 0.2) is 5.78 Å². The summed E-state index contributed by atoms with van der Waals surface area (Å²) in [6.45, 7) is 4.04. The Balaban J connectivity index is 0. The first kappa shape index (κ1) is 27.2. The number of amides is 1. The number of carbonyl (C=O) groups excluding carboxylic acids is 4. The molecule has 0 radical (unpaired) electrons. The van der Waals surface area contributed by atoms with E-state index in [1.165, 1.54) is 0 Å². The van der Waals surface area contributed by atoms with Crippen molar-refractivity contribution in [2.24, 2.45) is 0 Å². The molecule has 0 aromatic rings. The molecule has 0 spiro atoms. The normalized spacial score (nSPS) is 15.0. The van der Waals surface area contributed by atoms with Crippen LogP contribution in [0, 0.1) is 0 Å². The van der Waals surface area contributed by atoms with E-state index in [4.69, 9.17) is 5.11 Å². The molecule has 0 bridgehead atoms. The first-order valence-corrected chi connectivity index (χ1v) is 7.76. The fourth-order valence-electron chi connectivity index (χ4n) is 2.13. The van der Waals surface area contributed by atoms with Gasteiger partial charge in [-0.05, 0) is 26.7 Å². The summed E-state index contributed by atoms with van der Waals surface area (Å²) >= 11 is 0. The molecule has 0 aliphatic carbocycles. The number of carboxylic acid groups (broad SMARTS) is 2. The molecule has 142 valence electrons. The van der Waals surface area contributed by atoms with Gasteiger partial charge >= 0.3 is 69.4 Å². The van der Waals surface area contributed by atoms with Crippen LogP contribution < -0.4 is 56.5 Å². The third-order valence-corrected chi connectivity index (χ3v) is 3.09. The van der Waals surface area contributed by atoms with Crippen LogP contribution in [0.3, 0.4) is 0 Å². The quantitative estimate of drug-likeness (QED) is 0.259. The summed E-state index contributed by atoms with van der Waals surface area (Å²) in [6, 6.07) is -0.679. The Hall–Kier alpha value is -1.01. The fraction of sp³-hybridized carbons (Fsp3) is 0.667. The average molecular weight is 399 g/mol. The second kappa shape index (κ2) is 15.1. The Morgan fingerprint density at radius 1 is 1.04 bits per heavy atom. The van der Waals surface area contributed by atoms with Crippen molar-refractivity contribution < 1.29 is 95.0 Å². The van der Waals surface area contributed by atoms with Crippen molar-refractivity contribution in [3.8, 4) is 0 Å². The molecule has 0 aromatic carbocycles. The van der Waals surface area contributed by atoms with Gasteiger partial charge in [0.25, 0.3) is 0 Å².